The highest BCUT2D eigenvalue weighted by atomic mass is 32.2. The zero-order valence-corrected chi connectivity index (χ0v) is 29.4. The highest BCUT2D eigenvalue weighted by molar-refractivity contribution is 7.99. The minimum atomic E-state index is -1.25. The van der Waals surface area contributed by atoms with Crippen molar-refractivity contribution in [2.45, 2.75) is 82.8 Å². The van der Waals surface area contributed by atoms with Gasteiger partial charge in [-0.05, 0) is 47.0 Å². The van der Waals surface area contributed by atoms with Gasteiger partial charge in [-0.15, -0.1) is 0 Å². The molecule has 8 N–H and O–H groups in total. The summed E-state index contributed by atoms with van der Waals surface area (Å²) in [6.07, 6.45) is -1.10. The number of carbonyl (C=O) groups excluding carboxylic acids is 6. The molecule has 0 aliphatic rings. The zero-order chi connectivity index (χ0) is 36.8. The summed E-state index contributed by atoms with van der Waals surface area (Å²) in [5.41, 5.74) is 9.58. The Morgan fingerprint density at radius 2 is 1.54 bits per heavy atom. The van der Waals surface area contributed by atoms with E-state index < -0.39 is 66.0 Å². The molecule has 0 saturated heterocycles. The highest BCUT2D eigenvalue weighted by Gasteiger charge is 2.27. The van der Waals surface area contributed by atoms with Crippen molar-refractivity contribution in [3.8, 4) is 0 Å². The number of methoxy groups -OCH3 is 2. The monoisotopic (exact) mass is 711 g/mol. The summed E-state index contributed by atoms with van der Waals surface area (Å²) >= 11 is 1.22. The Bertz CT molecular complexity index is 1030. The van der Waals surface area contributed by atoms with E-state index in [1.54, 1.807) is 13.8 Å². The summed E-state index contributed by atoms with van der Waals surface area (Å²) < 4.78 is 30.7. The maximum Gasteiger partial charge on any atom is 0.508 e. The van der Waals surface area contributed by atoms with Crippen LogP contribution >= 0.6 is 11.8 Å². The first-order valence-corrected chi connectivity index (χ1v) is 16.4. The quantitative estimate of drug-likeness (QED) is 0.0506. The predicted octanol–water partition coefficient (Wildman–Crippen LogP) is -0.673. The van der Waals surface area contributed by atoms with Gasteiger partial charge in [-0.3, -0.25) is 19.2 Å². The number of nitrogens with one attached hydrogen (secondary N) is 3. The number of carbonyl (C=O) groups is 6. The van der Waals surface area contributed by atoms with Gasteiger partial charge in [0.15, 0.2) is 0 Å². The summed E-state index contributed by atoms with van der Waals surface area (Å²) in [6.45, 7) is 6.74. The Balaban J connectivity index is 4.58. The number of primary amides is 1. The average Bonchev–Trinajstić information content (AvgIpc) is 3.03. The van der Waals surface area contributed by atoms with E-state index in [1.807, 2.05) is 13.8 Å². The van der Waals surface area contributed by atoms with Crippen LogP contribution in [-0.2, 0) is 47.6 Å². The van der Waals surface area contributed by atoms with Gasteiger partial charge in [-0.2, -0.15) is 11.8 Å². The number of thioether (sulfide) groups is 1. The Hall–Kier alpha value is -3.39. The summed E-state index contributed by atoms with van der Waals surface area (Å²) in [6, 6.07) is -2.30. The van der Waals surface area contributed by atoms with Gasteiger partial charge in [0.2, 0.25) is 23.6 Å². The van der Waals surface area contributed by atoms with Gasteiger partial charge in [0, 0.05) is 24.5 Å². The van der Waals surface area contributed by atoms with E-state index in [2.05, 4.69) is 25.4 Å². The first-order valence-electron chi connectivity index (χ1n) is 15.3. The average molecular weight is 712 g/mol. The molecule has 0 spiro atoms. The smallest absolute Gasteiger partial charge is 0.438 e. The summed E-state index contributed by atoms with van der Waals surface area (Å²) in [5.74, 6) is -1.89. The lowest BCUT2D eigenvalue weighted by atomic mass is 10.0. The molecule has 0 bridgehead atoms. The number of hydrogen-bond acceptors (Lipinski definition) is 15. The molecule has 0 radical (unpaired) electrons. The van der Waals surface area contributed by atoms with Gasteiger partial charge >= 0.3 is 12.3 Å². The van der Waals surface area contributed by atoms with Crippen molar-refractivity contribution in [3.05, 3.63) is 0 Å². The Labute approximate surface area is 285 Å². The third-order valence-corrected chi connectivity index (χ3v) is 7.56. The van der Waals surface area contributed by atoms with Gasteiger partial charge in [-0.25, -0.2) is 9.59 Å². The van der Waals surface area contributed by atoms with Crippen molar-refractivity contribution in [3.63, 3.8) is 0 Å². The molecule has 0 fully saturated rings. The highest BCUT2D eigenvalue weighted by Crippen LogP contribution is 2.21. The molecule has 0 unspecified atom stereocenters. The van der Waals surface area contributed by atoms with E-state index in [4.69, 9.17) is 30.4 Å². The summed E-state index contributed by atoms with van der Waals surface area (Å²) in [4.78, 5) is 70.4. The van der Waals surface area contributed by atoms with Gasteiger partial charge < -0.3 is 60.9 Å². The number of nitrogens with two attached hydrogens (primary N) is 2. The molecule has 3 atom stereocenters. The molecular formula is C29H53N5O13S. The largest absolute Gasteiger partial charge is 0.508 e. The fourth-order valence-corrected chi connectivity index (χ4v) is 4.60. The van der Waals surface area contributed by atoms with E-state index in [1.165, 1.54) is 18.9 Å². The molecule has 4 amide bonds. The zero-order valence-electron chi connectivity index (χ0n) is 28.6. The van der Waals surface area contributed by atoms with Crippen molar-refractivity contribution >= 4 is 47.7 Å². The maximum atomic E-state index is 12.6. The van der Waals surface area contributed by atoms with Crippen LogP contribution in [-0.4, -0.2) is 136 Å². The third-order valence-electron chi connectivity index (χ3n) is 6.36. The second kappa shape index (κ2) is 23.9. The van der Waals surface area contributed by atoms with Crippen LogP contribution in [0.15, 0.2) is 0 Å². The lowest BCUT2D eigenvalue weighted by Crippen LogP contribution is -2.54. The lowest BCUT2D eigenvalue weighted by Gasteiger charge is -2.32. The van der Waals surface area contributed by atoms with E-state index in [0.717, 1.165) is 7.11 Å². The first kappa shape index (κ1) is 44.6. The van der Waals surface area contributed by atoms with E-state index in [9.17, 15) is 33.9 Å². The number of aliphatic hydroxyl groups excluding tert-OH is 1. The molecule has 0 aromatic heterocycles. The molecule has 0 heterocycles. The number of amides is 4. The fraction of sp³-hybridized carbons (Fsp3) is 0.793. The number of ether oxygens (including phenoxy) is 6. The number of rotatable bonds is 25. The van der Waals surface area contributed by atoms with Gasteiger partial charge in [0.1, 0.15) is 12.1 Å². The molecule has 0 aliphatic carbocycles. The van der Waals surface area contributed by atoms with Crippen LogP contribution in [0.1, 0.15) is 53.4 Å². The van der Waals surface area contributed by atoms with Crippen molar-refractivity contribution in [1.29, 1.82) is 0 Å². The number of aliphatic hydroxyl groups is 1. The first-order chi connectivity index (χ1) is 22.4. The molecule has 0 saturated carbocycles. The van der Waals surface area contributed by atoms with Crippen molar-refractivity contribution < 1.29 is 62.3 Å². The molecule has 0 aromatic carbocycles. The van der Waals surface area contributed by atoms with Gasteiger partial charge in [0.25, 0.3) is 0 Å². The van der Waals surface area contributed by atoms with Crippen molar-refractivity contribution in [2.24, 2.45) is 11.5 Å². The van der Waals surface area contributed by atoms with Gasteiger partial charge in [-0.1, -0.05) is 0 Å². The van der Waals surface area contributed by atoms with E-state index in [-0.39, 0.29) is 56.7 Å². The molecule has 0 rings (SSSR count). The third kappa shape index (κ3) is 22.2. The van der Waals surface area contributed by atoms with Crippen LogP contribution in [0.4, 0.5) is 9.59 Å². The van der Waals surface area contributed by atoms with Crippen LogP contribution in [0.3, 0.4) is 0 Å². The van der Waals surface area contributed by atoms with Gasteiger partial charge in [0.05, 0.1) is 64.4 Å². The molecule has 48 heavy (non-hydrogen) atoms. The normalized spacial score (nSPS) is 13.3. The standard InChI is InChI=1S/C29H53N5O13S/c1-28(2,10-9-23(37)33-14-22(31)36)46-18-29(3,4)45-13-11-32-25(39)21(15-35)34-24(38)20(30)17-48-16-19(47-27(41)43-6)8-7-12-44-26(40)42-5/h19-21,35H,7-18,30H2,1-6H3,(H2,31,36)(H,32,39)(H,33,37)(H,34,38)/t19-,20+,21+/m1/s1. The minimum absolute atomic E-state index is 0.0482. The topological polar surface area (TPSA) is 266 Å². The Morgan fingerprint density at radius 1 is 0.875 bits per heavy atom. The van der Waals surface area contributed by atoms with Crippen molar-refractivity contribution in [1.82, 2.24) is 16.0 Å². The van der Waals surface area contributed by atoms with E-state index in [0.29, 0.717) is 19.3 Å². The summed E-state index contributed by atoms with van der Waals surface area (Å²) in [7, 11) is 2.35. The number of hydrogen-bond donors (Lipinski definition) is 6. The van der Waals surface area contributed by atoms with E-state index >= 15 is 0 Å². The van der Waals surface area contributed by atoms with Crippen LogP contribution in [0.2, 0.25) is 0 Å². The second-order valence-electron chi connectivity index (χ2n) is 11.7. The molecule has 278 valence electrons. The maximum absolute atomic E-state index is 12.6. The van der Waals surface area contributed by atoms with Crippen LogP contribution in [0.5, 0.6) is 0 Å². The fourth-order valence-electron chi connectivity index (χ4n) is 3.56. The van der Waals surface area contributed by atoms with Crippen LogP contribution in [0, 0.1) is 0 Å². The minimum Gasteiger partial charge on any atom is -0.438 e. The summed E-state index contributed by atoms with van der Waals surface area (Å²) in [5, 5.41) is 17.1. The molecule has 0 aromatic rings. The lowest BCUT2D eigenvalue weighted by molar-refractivity contribution is -0.133. The molecular weight excluding hydrogens is 658 g/mol. The van der Waals surface area contributed by atoms with Crippen molar-refractivity contribution in [2.75, 3.05) is 65.2 Å². The molecule has 0 aliphatic heterocycles. The Kier molecular flexibility index (Phi) is 22.2. The van der Waals surface area contributed by atoms with Crippen LogP contribution in [0.25, 0.3) is 0 Å². The Morgan fingerprint density at radius 3 is 2.15 bits per heavy atom. The van der Waals surface area contributed by atoms with Crippen LogP contribution < -0.4 is 27.4 Å². The second-order valence-corrected chi connectivity index (χ2v) is 12.8. The SMILES string of the molecule is COC(=O)OCCC[C@H](CSC[C@H](N)C(=O)N[C@@H](CO)C(=O)NCCOC(C)(C)COC(C)(C)CCC(=O)NCC(N)=O)OC(=O)OC. The predicted molar refractivity (Wildman–Crippen MR) is 174 cm³/mol. The molecule has 18 nitrogen and oxygen atoms in total. The molecule has 19 heteroatoms.